The van der Waals surface area contributed by atoms with E-state index in [1.807, 2.05) is 18.7 Å². The lowest BCUT2D eigenvalue weighted by Crippen LogP contribution is -2.61. The predicted octanol–water partition coefficient (Wildman–Crippen LogP) is 0.608. The highest BCUT2D eigenvalue weighted by atomic mass is 32.1. The molecule has 1 fully saturated rings. The van der Waals surface area contributed by atoms with Gasteiger partial charge in [0, 0.05) is 108 Å². The molecule has 1 saturated heterocycles. The van der Waals surface area contributed by atoms with Crippen LogP contribution in [0.3, 0.4) is 0 Å². The van der Waals surface area contributed by atoms with Crippen LogP contribution in [-0.4, -0.2) is 324 Å². The molecule has 1 heterocycles. The zero-order valence-corrected chi connectivity index (χ0v) is 81.4. The van der Waals surface area contributed by atoms with Gasteiger partial charge in [0.2, 0.25) is 70.9 Å². The van der Waals surface area contributed by atoms with E-state index in [9.17, 15) is 92.0 Å². The molecule has 0 aliphatic carbocycles. The summed E-state index contributed by atoms with van der Waals surface area (Å²) >= 11 is 17.1. The highest BCUT2D eigenvalue weighted by molar-refractivity contribution is 7.80. The molecule has 130 heavy (non-hydrogen) atoms. The summed E-state index contributed by atoms with van der Waals surface area (Å²) in [6.45, 7) is 11.9. The van der Waals surface area contributed by atoms with E-state index in [0.29, 0.717) is 103 Å². The number of primary amides is 1. The second-order valence-electron chi connectivity index (χ2n) is 34.8. The molecule has 0 bridgehead atoms. The minimum absolute atomic E-state index is 0.0415. The number of amides is 12. The molecular formula is C87H162N20O19S4. The molecule has 11 atom stereocenters. The molecule has 748 valence electrons. The fraction of sp³-hybridized carbons (Fsp3) is 0.816. The van der Waals surface area contributed by atoms with E-state index in [0.717, 1.165) is 19.3 Å². The van der Waals surface area contributed by atoms with Crippen LogP contribution in [0.1, 0.15) is 247 Å². The van der Waals surface area contributed by atoms with E-state index < -0.39 is 138 Å². The average Bonchev–Trinajstić information content (AvgIpc) is 0.854. The fourth-order valence-electron chi connectivity index (χ4n) is 14.5. The van der Waals surface area contributed by atoms with E-state index in [-0.39, 0.29) is 189 Å². The Bertz CT molecular complexity index is 3340. The molecule has 0 aromatic heterocycles. The number of carboxylic acid groups (broad SMARTS) is 3. The van der Waals surface area contributed by atoms with Gasteiger partial charge in [-0.05, 0) is 121 Å². The third-order valence-electron chi connectivity index (χ3n) is 22.3. The topological polar surface area (TPSA) is 609 Å². The number of carbonyl (C=O) groups excluding carboxylic acids is 13. The van der Waals surface area contributed by atoms with Crippen LogP contribution in [-0.2, 0) is 76.7 Å². The molecule has 0 unspecified atom stereocenters. The molecule has 43 heteroatoms. The minimum atomic E-state index is -1.41. The minimum Gasteiger partial charge on any atom is -0.480 e. The van der Waals surface area contributed by atoms with Crippen molar-refractivity contribution in [1.82, 2.24) is 78.1 Å². The van der Waals surface area contributed by atoms with E-state index in [1.54, 1.807) is 28.5 Å². The number of nitrogens with zero attached hydrogens (tertiary/aromatic N) is 4. The molecule has 0 radical (unpaired) electrons. The Morgan fingerprint density at radius 1 is 0.308 bits per heavy atom. The molecule has 39 nitrogen and oxygen atoms in total. The summed E-state index contributed by atoms with van der Waals surface area (Å²) in [6.07, 6.45) is 22.9. The average molecular weight is 1920 g/mol. The van der Waals surface area contributed by atoms with E-state index >= 15 is 0 Å². The summed E-state index contributed by atoms with van der Waals surface area (Å²) in [6, 6.07) is -13.0. The number of Topliss-reactive ketones (excluding diaryl/α,β-unsaturated/α-hetero) is 1. The Morgan fingerprint density at radius 3 is 0.969 bits per heavy atom. The Hall–Kier alpha value is -7.20. The SMILES string of the molecule is CCCCCCCCCCCCCCCC(=O)NCCCC[C@H](NC(=O)[C@H](CS)NC(=O)[C@H](CS)NC(=O)[C@H](CS)NC(=O)[C@H](CS)NC(=O)[C@H](CC(C)C)NC(=O)[C@H](CC(C)C)NC(=O)[C@H](CCCCCC(=O)[C@@H](N)CCCCNC(=O)[C@@H](N)CCCCNC(=O)CN1CCN(CC(=O)O)CCN(CC(=O)O)CCN(CC(=O)O)CC1)NC(=O)[C@@H](N)CCCCN)C(N)=O. The summed E-state index contributed by atoms with van der Waals surface area (Å²) in [5.74, 6) is -12.7. The molecule has 1 aliphatic heterocycles. The maximum Gasteiger partial charge on any atom is 0.317 e. The van der Waals surface area contributed by atoms with Crippen molar-refractivity contribution in [3.05, 3.63) is 0 Å². The van der Waals surface area contributed by atoms with Crippen LogP contribution in [0.25, 0.3) is 0 Å². The van der Waals surface area contributed by atoms with Crippen LogP contribution in [0.4, 0.5) is 0 Å². The molecule has 12 amide bonds. The first kappa shape index (κ1) is 121. The van der Waals surface area contributed by atoms with Crippen molar-refractivity contribution in [2.24, 2.45) is 40.5 Å². The number of carbonyl (C=O) groups is 16. The number of hydrogen-bond donors (Lipinski definition) is 23. The number of nitrogens with two attached hydrogens (primary N) is 5. The largest absolute Gasteiger partial charge is 0.480 e. The maximum absolute atomic E-state index is 14.4. The molecule has 0 aromatic carbocycles. The van der Waals surface area contributed by atoms with Crippen LogP contribution in [0, 0.1) is 11.8 Å². The fourth-order valence-corrected chi connectivity index (χ4v) is 15.6. The van der Waals surface area contributed by atoms with Crippen LogP contribution in [0.5, 0.6) is 0 Å². The molecule has 0 aromatic rings. The highest BCUT2D eigenvalue weighted by Crippen LogP contribution is 2.18. The van der Waals surface area contributed by atoms with Crippen molar-refractivity contribution in [2.75, 3.05) is 128 Å². The van der Waals surface area contributed by atoms with Gasteiger partial charge in [0.25, 0.3) is 0 Å². The summed E-state index contributed by atoms with van der Waals surface area (Å²) in [4.78, 5) is 217. The van der Waals surface area contributed by atoms with Gasteiger partial charge in [-0.25, -0.2) is 0 Å². The van der Waals surface area contributed by atoms with Crippen LogP contribution < -0.4 is 87.2 Å². The molecule has 1 rings (SSSR count). The number of thiol groups is 4. The van der Waals surface area contributed by atoms with Crippen molar-refractivity contribution >= 4 is 145 Å². The van der Waals surface area contributed by atoms with Crippen molar-refractivity contribution in [3.63, 3.8) is 0 Å². The Labute approximate surface area is 791 Å². The van der Waals surface area contributed by atoms with Gasteiger partial charge in [-0.1, -0.05) is 131 Å². The van der Waals surface area contributed by atoms with Crippen molar-refractivity contribution in [2.45, 2.75) is 313 Å². The summed E-state index contributed by atoms with van der Waals surface area (Å²) in [5.41, 5.74) is 30.2. The van der Waals surface area contributed by atoms with Crippen molar-refractivity contribution in [1.29, 1.82) is 0 Å². The number of ketones is 1. The number of aliphatic carboxylic acids is 3. The molecule has 24 N–H and O–H groups in total. The molecule has 1 aliphatic rings. The van der Waals surface area contributed by atoms with Crippen LogP contribution >= 0.6 is 50.5 Å². The zero-order chi connectivity index (χ0) is 97.3. The standard InChI is InChI=1S/C87H162N20O19S4/c1-6-7-8-9-10-11-12-13-14-15-16-17-21-36-73(109)93-38-29-25-33-64(78(92)117)96-84(123)68(55-127)101-86(125)70(57-129)103-87(126)71(58-130)102-85(124)69(56-128)100-83(122)67(50-60(4)5)99-82(121)66(49-59(2)3)98-81(120)65(97-80(119)63(91)31-22-26-37-88)34-19-18-20-35-72(108)61(89)30-23-28-40-95-79(118)62(90)32-24-27-39-94-74(110)51-104-41-43-105(52-75(111)112)45-47-107(54-77(115)116)48-46-106(44-42-104)53-76(113)114/h59-71,127-130H,6-58,88-91H2,1-5H3,(H2,92,117)(H,93,109)(H,94,110)(H,95,118)(H,96,123)(H,97,119)(H,98,120)(H,99,121)(H,100,122)(H,101,125)(H,102,124)(H,103,126)(H,111,112)(H,113,114)(H,115,116)/t61-,62-,63-,64-,65-,66-,67-,68-,69-,70-,71-/m0/s1. The van der Waals surface area contributed by atoms with Crippen LogP contribution in [0.15, 0.2) is 0 Å². The van der Waals surface area contributed by atoms with E-state index in [2.05, 4.69) is 116 Å². The number of nitrogens with one attached hydrogen (secondary N) is 11. The van der Waals surface area contributed by atoms with Gasteiger partial charge in [-0.3, -0.25) is 96.3 Å². The van der Waals surface area contributed by atoms with Gasteiger partial charge in [-0.15, -0.1) is 0 Å². The van der Waals surface area contributed by atoms with Gasteiger partial charge >= 0.3 is 17.9 Å². The van der Waals surface area contributed by atoms with Gasteiger partial charge in [0.05, 0.1) is 44.3 Å². The first-order valence-electron chi connectivity index (χ1n) is 46.9. The maximum atomic E-state index is 14.4. The monoisotopic (exact) mass is 1920 g/mol. The Balaban J connectivity index is 2.88. The number of rotatable bonds is 74. The van der Waals surface area contributed by atoms with Gasteiger partial charge < -0.3 is 102 Å². The summed E-state index contributed by atoms with van der Waals surface area (Å²) < 4.78 is 0. The van der Waals surface area contributed by atoms with Crippen molar-refractivity contribution in [3.8, 4) is 0 Å². The summed E-state index contributed by atoms with van der Waals surface area (Å²) in [7, 11) is 0. The lowest BCUT2D eigenvalue weighted by atomic mass is 9.98. The van der Waals surface area contributed by atoms with Gasteiger partial charge in [0.15, 0.2) is 0 Å². The second kappa shape index (κ2) is 73.2. The van der Waals surface area contributed by atoms with Gasteiger partial charge in [0.1, 0.15) is 54.1 Å². The third kappa shape index (κ3) is 58.1. The smallest absolute Gasteiger partial charge is 0.317 e. The predicted molar refractivity (Wildman–Crippen MR) is 513 cm³/mol. The zero-order valence-electron chi connectivity index (χ0n) is 77.8. The highest BCUT2D eigenvalue weighted by Gasteiger charge is 2.36. The molecule has 0 spiro atoms. The Morgan fingerprint density at radius 2 is 0.592 bits per heavy atom. The van der Waals surface area contributed by atoms with Crippen LogP contribution in [0.2, 0.25) is 0 Å². The Kier molecular flexibility index (Phi) is 68.0. The summed E-state index contributed by atoms with van der Waals surface area (Å²) in [5, 5.41) is 58.1. The number of unbranched alkanes of at least 4 members (excludes halogenated alkanes) is 18. The van der Waals surface area contributed by atoms with Crippen molar-refractivity contribution < 1.29 is 92.0 Å². The lowest BCUT2D eigenvalue weighted by molar-refractivity contribution is -0.140. The second-order valence-corrected chi connectivity index (χ2v) is 36.3. The normalized spacial score (nSPS) is 15.8. The van der Waals surface area contributed by atoms with E-state index in [1.165, 1.54) is 64.2 Å². The first-order chi connectivity index (χ1) is 61.9. The first-order valence-corrected chi connectivity index (χ1v) is 49.5. The van der Waals surface area contributed by atoms with Gasteiger partial charge in [-0.2, -0.15) is 50.5 Å². The molecular weight excluding hydrogens is 1760 g/mol. The number of carboxylic acids is 3. The number of hydrogen-bond acceptors (Lipinski definition) is 28. The van der Waals surface area contributed by atoms with E-state index in [4.69, 9.17) is 28.7 Å². The third-order valence-corrected chi connectivity index (χ3v) is 23.8. The quantitative estimate of drug-likeness (QED) is 0.0293. The molecule has 0 saturated carbocycles. The lowest BCUT2D eigenvalue weighted by Gasteiger charge is -2.32.